The Morgan fingerprint density at radius 3 is 2.87 bits per heavy atom. The van der Waals surface area contributed by atoms with Crippen LogP contribution >= 0.6 is 0 Å². The highest BCUT2D eigenvalue weighted by Crippen LogP contribution is 2.17. The number of aromatic nitrogens is 2. The fraction of sp³-hybridized carbons (Fsp3) is 0.500. The molecule has 5 nitrogen and oxygen atoms in total. The molecule has 1 aromatic heterocycles. The van der Waals surface area contributed by atoms with E-state index >= 15 is 0 Å². The Morgan fingerprint density at radius 1 is 1.47 bits per heavy atom. The molecule has 5 heteroatoms. The molecule has 1 amide bonds. The van der Waals surface area contributed by atoms with E-state index in [1.54, 1.807) is 6.07 Å². The fourth-order valence-corrected chi connectivity index (χ4v) is 1.80. The molecule has 0 saturated heterocycles. The van der Waals surface area contributed by atoms with Gasteiger partial charge in [-0.1, -0.05) is 12.8 Å². The first-order valence-electron chi connectivity index (χ1n) is 5.15. The van der Waals surface area contributed by atoms with Crippen molar-refractivity contribution in [2.75, 3.05) is 5.73 Å². The van der Waals surface area contributed by atoms with Gasteiger partial charge in [-0.25, -0.2) is 9.97 Å². The second-order valence-corrected chi connectivity index (χ2v) is 3.76. The highest BCUT2D eigenvalue weighted by atomic mass is 16.2. The first-order valence-corrected chi connectivity index (χ1v) is 5.15. The molecule has 1 aromatic rings. The number of nitrogens with two attached hydrogens (primary N) is 1. The topological polar surface area (TPSA) is 80.9 Å². The van der Waals surface area contributed by atoms with Crippen LogP contribution in [0.5, 0.6) is 0 Å². The molecule has 0 spiro atoms. The Balaban J connectivity index is 2.01. The Bertz CT molecular complexity index is 360. The molecule has 0 aromatic carbocycles. The molecule has 1 heterocycles. The maximum Gasteiger partial charge on any atom is 0.289 e. The zero-order valence-electron chi connectivity index (χ0n) is 8.44. The Morgan fingerprint density at radius 2 is 2.20 bits per heavy atom. The van der Waals surface area contributed by atoms with Gasteiger partial charge in [-0.05, 0) is 18.9 Å². The van der Waals surface area contributed by atoms with Crippen molar-refractivity contribution in [1.82, 2.24) is 15.3 Å². The van der Waals surface area contributed by atoms with Crippen LogP contribution in [0.25, 0.3) is 0 Å². The van der Waals surface area contributed by atoms with E-state index in [1.165, 1.54) is 19.0 Å². The Kier molecular flexibility index (Phi) is 2.80. The maximum atomic E-state index is 11.7. The van der Waals surface area contributed by atoms with Gasteiger partial charge in [0.25, 0.3) is 5.91 Å². The summed E-state index contributed by atoms with van der Waals surface area (Å²) in [6.07, 6.45) is 5.96. The zero-order valence-corrected chi connectivity index (χ0v) is 8.44. The summed E-state index contributed by atoms with van der Waals surface area (Å²) in [5.41, 5.74) is 5.47. The van der Waals surface area contributed by atoms with Crippen molar-refractivity contribution >= 4 is 11.7 Å². The van der Waals surface area contributed by atoms with E-state index < -0.39 is 0 Å². The van der Waals surface area contributed by atoms with E-state index in [0.717, 1.165) is 12.8 Å². The van der Waals surface area contributed by atoms with Crippen LogP contribution in [0.2, 0.25) is 0 Å². The van der Waals surface area contributed by atoms with Crippen LogP contribution in [0, 0.1) is 0 Å². The van der Waals surface area contributed by atoms with Crippen LogP contribution in [0.4, 0.5) is 5.82 Å². The standard InChI is InChI=1S/C10H14N4O/c11-8-5-6-12-9(14-8)10(15)13-7-3-1-2-4-7/h5-7H,1-4H2,(H,13,15)(H2,11,12,14). The predicted molar refractivity (Wildman–Crippen MR) is 56.2 cm³/mol. The lowest BCUT2D eigenvalue weighted by Crippen LogP contribution is -2.33. The molecule has 0 unspecified atom stereocenters. The number of hydrogen-bond donors (Lipinski definition) is 2. The van der Waals surface area contributed by atoms with Gasteiger partial charge in [-0.3, -0.25) is 4.79 Å². The van der Waals surface area contributed by atoms with Crippen molar-refractivity contribution in [3.63, 3.8) is 0 Å². The van der Waals surface area contributed by atoms with E-state index in [1.807, 2.05) is 0 Å². The SMILES string of the molecule is Nc1ccnc(C(=O)NC2CCCC2)n1. The van der Waals surface area contributed by atoms with Crippen molar-refractivity contribution < 1.29 is 4.79 Å². The second kappa shape index (κ2) is 4.25. The number of nitrogens with one attached hydrogen (secondary N) is 1. The first-order chi connectivity index (χ1) is 7.25. The van der Waals surface area contributed by atoms with Crippen LogP contribution in [0.15, 0.2) is 12.3 Å². The number of carbonyl (C=O) groups excluding carboxylic acids is 1. The number of hydrogen-bond acceptors (Lipinski definition) is 4. The number of carbonyl (C=O) groups is 1. The Hall–Kier alpha value is -1.65. The molecule has 2 rings (SSSR count). The number of rotatable bonds is 2. The average Bonchev–Trinajstić information content (AvgIpc) is 2.70. The van der Waals surface area contributed by atoms with E-state index in [2.05, 4.69) is 15.3 Å². The summed E-state index contributed by atoms with van der Waals surface area (Å²) in [6.45, 7) is 0. The molecule has 0 aliphatic heterocycles. The van der Waals surface area contributed by atoms with Gasteiger partial charge in [0.1, 0.15) is 5.82 Å². The fourth-order valence-electron chi connectivity index (χ4n) is 1.80. The summed E-state index contributed by atoms with van der Waals surface area (Å²) in [4.78, 5) is 19.4. The number of nitrogen functional groups attached to an aromatic ring is 1. The summed E-state index contributed by atoms with van der Waals surface area (Å²) in [6, 6.07) is 1.84. The minimum absolute atomic E-state index is 0.155. The van der Waals surface area contributed by atoms with Crippen LogP contribution in [0.3, 0.4) is 0 Å². The van der Waals surface area contributed by atoms with Gasteiger partial charge in [-0.2, -0.15) is 0 Å². The van der Waals surface area contributed by atoms with E-state index in [4.69, 9.17) is 5.73 Å². The lowest BCUT2D eigenvalue weighted by atomic mass is 10.2. The van der Waals surface area contributed by atoms with Crippen LogP contribution in [-0.2, 0) is 0 Å². The van der Waals surface area contributed by atoms with Crippen LogP contribution in [0.1, 0.15) is 36.3 Å². The van der Waals surface area contributed by atoms with Gasteiger partial charge < -0.3 is 11.1 Å². The minimum atomic E-state index is -0.228. The predicted octanol–water partition coefficient (Wildman–Crippen LogP) is 0.731. The third-order valence-electron chi connectivity index (χ3n) is 2.57. The molecular formula is C10H14N4O. The molecule has 15 heavy (non-hydrogen) atoms. The largest absolute Gasteiger partial charge is 0.384 e. The van der Waals surface area contributed by atoms with Gasteiger partial charge in [0, 0.05) is 12.2 Å². The molecule has 1 aliphatic carbocycles. The summed E-state index contributed by atoms with van der Waals surface area (Å²) < 4.78 is 0. The third kappa shape index (κ3) is 2.43. The van der Waals surface area contributed by atoms with Crippen molar-refractivity contribution in [3.05, 3.63) is 18.1 Å². The molecule has 80 valence electrons. The monoisotopic (exact) mass is 206 g/mol. The molecule has 1 saturated carbocycles. The maximum absolute atomic E-state index is 11.7. The minimum Gasteiger partial charge on any atom is -0.384 e. The Labute approximate surface area is 88.1 Å². The van der Waals surface area contributed by atoms with E-state index in [0.29, 0.717) is 5.82 Å². The molecule has 1 aliphatic rings. The third-order valence-corrected chi connectivity index (χ3v) is 2.57. The van der Waals surface area contributed by atoms with E-state index in [-0.39, 0.29) is 17.8 Å². The van der Waals surface area contributed by atoms with Crippen molar-refractivity contribution in [3.8, 4) is 0 Å². The normalized spacial score (nSPS) is 16.5. The summed E-state index contributed by atoms with van der Waals surface area (Å²) in [5.74, 6) is 0.248. The zero-order chi connectivity index (χ0) is 10.7. The highest BCUT2D eigenvalue weighted by molar-refractivity contribution is 5.90. The van der Waals surface area contributed by atoms with Gasteiger partial charge in [0.05, 0.1) is 0 Å². The van der Waals surface area contributed by atoms with Gasteiger partial charge in [0.2, 0.25) is 5.82 Å². The molecule has 0 atom stereocenters. The molecule has 0 radical (unpaired) electrons. The van der Waals surface area contributed by atoms with E-state index in [9.17, 15) is 4.79 Å². The molecule has 0 bridgehead atoms. The van der Waals surface area contributed by atoms with Gasteiger partial charge in [-0.15, -0.1) is 0 Å². The first kappa shape index (κ1) is 9.89. The van der Waals surface area contributed by atoms with Crippen molar-refractivity contribution in [2.45, 2.75) is 31.7 Å². The second-order valence-electron chi connectivity index (χ2n) is 3.76. The number of amides is 1. The lowest BCUT2D eigenvalue weighted by molar-refractivity contribution is 0.0927. The summed E-state index contributed by atoms with van der Waals surface area (Å²) in [7, 11) is 0. The molecule has 3 N–H and O–H groups in total. The summed E-state index contributed by atoms with van der Waals surface area (Å²) >= 11 is 0. The van der Waals surface area contributed by atoms with Gasteiger partial charge >= 0.3 is 0 Å². The van der Waals surface area contributed by atoms with Crippen molar-refractivity contribution in [1.29, 1.82) is 0 Å². The lowest BCUT2D eigenvalue weighted by Gasteiger charge is -2.10. The number of anilines is 1. The van der Waals surface area contributed by atoms with Crippen LogP contribution < -0.4 is 11.1 Å². The van der Waals surface area contributed by atoms with Crippen molar-refractivity contribution in [2.24, 2.45) is 0 Å². The van der Waals surface area contributed by atoms with Crippen LogP contribution in [-0.4, -0.2) is 21.9 Å². The number of nitrogens with zero attached hydrogens (tertiary/aromatic N) is 2. The average molecular weight is 206 g/mol. The van der Waals surface area contributed by atoms with Gasteiger partial charge in [0.15, 0.2) is 0 Å². The molecular weight excluding hydrogens is 192 g/mol. The smallest absolute Gasteiger partial charge is 0.289 e. The quantitative estimate of drug-likeness (QED) is 0.747. The molecule has 1 fully saturated rings. The highest BCUT2D eigenvalue weighted by Gasteiger charge is 2.19. The summed E-state index contributed by atoms with van der Waals surface area (Å²) in [5, 5.41) is 2.90.